The molecule has 0 N–H and O–H groups in total. The van der Waals surface area contributed by atoms with E-state index in [4.69, 9.17) is 30.5 Å². The summed E-state index contributed by atoms with van der Waals surface area (Å²) >= 11 is 6.20. The number of fused-ring (bicyclic) bond motifs is 2. The first kappa shape index (κ1) is 19.6. The summed E-state index contributed by atoms with van der Waals surface area (Å²) in [4.78, 5) is 12.8. The largest absolute Gasteiger partial charge is 0.489 e. The number of ether oxygens (including phenoxy) is 4. The Kier molecular flexibility index (Phi) is 5.10. The second kappa shape index (κ2) is 8.06. The van der Waals surface area contributed by atoms with E-state index in [1.54, 1.807) is 54.6 Å². The molecule has 5 nitrogen and oxygen atoms in total. The molecule has 0 saturated carbocycles. The normalized spacial score (nSPS) is 15.8. The number of hydrogen-bond acceptors (Lipinski definition) is 5. The molecule has 0 spiro atoms. The number of halogens is 2. The molecule has 0 aromatic heterocycles. The molecule has 156 valence electrons. The van der Waals surface area contributed by atoms with Crippen molar-refractivity contribution < 1.29 is 28.1 Å². The molecule has 0 amide bonds. The molecule has 0 bridgehead atoms. The predicted molar refractivity (Wildman–Crippen MR) is 112 cm³/mol. The molecule has 2 heterocycles. The zero-order valence-electron chi connectivity index (χ0n) is 16.2. The third kappa shape index (κ3) is 3.87. The van der Waals surface area contributed by atoms with Crippen LogP contribution >= 0.6 is 11.6 Å². The van der Waals surface area contributed by atoms with Crippen molar-refractivity contribution in [3.63, 3.8) is 0 Å². The van der Waals surface area contributed by atoms with E-state index in [0.717, 1.165) is 5.56 Å². The van der Waals surface area contributed by atoms with Gasteiger partial charge in [-0.3, -0.25) is 4.79 Å². The molecule has 0 fully saturated rings. The molecule has 2 aliphatic heterocycles. The minimum Gasteiger partial charge on any atom is -0.489 e. The van der Waals surface area contributed by atoms with Crippen LogP contribution in [0.4, 0.5) is 4.39 Å². The number of benzene rings is 3. The van der Waals surface area contributed by atoms with Crippen molar-refractivity contribution in [3.05, 3.63) is 93.5 Å². The third-order valence-corrected chi connectivity index (χ3v) is 5.20. The van der Waals surface area contributed by atoms with Gasteiger partial charge in [-0.15, -0.1) is 0 Å². The fourth-order valence-electron chi connectivity index (χ4n) is 3.49. The van der Waals surface area contributed by atoms with E-state index in [0.29, 0.717) is 45.6 Å². The van der Waals surface area contributed by atoms with Gasteiger partial charge in [-0.1, -0.05) is 29.8 Å². The third-order valence-electron chi connectivity index (χ3n) is 4.98. The van der Waals surface area contributed by atoms with Crippen molar-refractivity contribution in [2.75, 3.05) is 6.79 Å². The van der Waals surface area contributed by atoms with Crippen LogP contribution in [0.2, 0.25) is 5.02 Å². The molecule has 0 saturated heterocycles. The monoisotopic (exact) mass is 438 g/mol. The summed E-state index contributed by atoms with van der Waals surface area (Å²) in [5.41, 5.74) is 2.30. The van der Waals surface area contributed by atoms with Crippen LogP contribution in [0.1, 0.15) is 27.0 Å². The fourth-order valence-corrected chi connectivity index (χ4v) is 3.74. The smallest absolute Gasteiger partial charge is 0.231 e. The van der Waals surface area contributed by atoms with Crippen LogP contribution in [0.25, 0.3) is 6.08 Å². The fraction of sp³-hybridized carbons (Fsp3) is 0.125. The number of carbonyl (C=O) groups is 1. The molecular weight excluding hydrogens is 423 g/mol. The average Bonchev–Trinajstić information content (AvgIpc) is 3.07. The van der Waals surface area contributed by atoms with Gasteiger partial charge in [0.25, 0.3) is 0 Å². The number of Topliss-reactive ketones (excluding diaryl/α,β-unsaturated/α-hetero) is 1. The van der Waals surface area contributed by atoms with Gasteiger partial charge in [0.05, 0.1) is 12.2 Å². The molecule has 0 radical (unpaired) electrons. The number of allylic oxidation sites excluding steroid dienone is 1. The van der Waals surface area contributed by atoms with Crippen molar-refractivity contribution >= 4 is 23.5 Å². The second-order valence-corrected chi connectivity index (χ2v) is 7.51. The molecule has 7 heteroatoms. The van der Waals surface area contributed by atoms with E-state index in [1.807, 2.05) is 0 Å². The van der Waals surface area contributed by atoms with Crippen molar-refractivity contribution in [2.24, 2.45) is 0 Å². The van der Waals surface area contributed by atoms with E-state index in [2.05, 4.69) is 0 Å². The van der Waals surface area contributed by atoms with Gasteiger partial charge in [0.1, 0.15) is 29.7 Å². The highest BCUT2D eigenvalue weighted by molar-refractivity contribution is 6.31. The Morgan fingerprint density at radius 2 is 2.00 bits per heavy atom. The predicted octanol–water partition coefficient (Wildman–Crippen LogP) is 5.54. The van der Waals surface area contributed by atoms with Crippen LogP contribution in [-0.4, -0.2) is 12.6 Å². The first-order chi connectivity index (χ1) is 15.1. The molecule has 3 aromatic rings. The lowest BCUT2D eigenvalue weighted by Crippen LogP contribution is -2.12. The summed E-state index contributed by atoms with van der Waals surface area (Å²) in [5, 5.41) is 0.506. The van der Waals surface area contributed by atoms with E-state index >= 15 is 0 Å². The second-order valence-electron chi connectivity index (χ2n) is 7.07. The number of ketones is 1. The maximum atomic E-state index is 13.8. The SMILES string of the molecule is O=C1C(=Cc2cc(Cl)cc3c2OCOC3)Oc2cc(OCc3ccccc3F)ccc21. The average molecular weight is 439 g/mol. The Morgan fingerprint density at radius 3 is 2.87 bits per heavy atom. The molecule has 0 atom stereocenters. The molecule has 3 aromatic carbocycles. The van der Waals surface area contributed by atoms with Crippen molar-refractivity contribution in [2.45, 2.75) is 13.2 Å². The Balaban J connectivity index is 1.39. The van der Waals surface area contributed by atoms with E-state index in [-0.39, 0.29) is 30.8 Å². The van der Waals surface area contributed by atoms with E-state index in [9.17, 15) is 9.18 Å². The lowest BCUT2D eigenvalue weighted by Gasteiger charge is -2.20. The summed E-state index contributed by atoms with van der Waals surface area (Å²) in [6.45, 7) is 0.572. The highest BCUT2D eigenvalue weighted by Gasteiger charge is 2.28. The minimum atomic E-state index is -0.335. The summed E-state index contributed by atoms with van der Waals surface area (Å²) in [7, 11) is 0. The summed E-state index contributed by atoms with van der Waals surface area (Å²) < 4.78 is 36.1. The summed E-state index contributed by atoms with van der Waals surface area (Å²) in [6, 6.07) is 14.8. The quantitative estimate of drug-likeness (QED) is 0.500. The summed E-state index contributed by atoms with van der Waals surface area (Å²) in [6.07, 6.45) is 1.61. The zero-order chi connectivity index (χ0) is 21.4. The van der Waals surface area contributed by atoms with Crippen LogP contribution in [-0.2, 0) is 18.0 Å². The Morgan fingerprint density at radius 1 is 1.13 bits per heavy atom. The van der Waals surface area contributed by atoms with Gasteiger partial charge in [-0.25, -0.2) is 4.39 Å². The Hall–Kier alpha value is -3.35. The topological polar surface area (TPSA) is 54.0 Å². The first-order valence-corrected chi connectivity index (χ1v) is 9.94. The number of rotatable bonds is 4. The van der Waals surface area contributed by atoms with E-state index < -0.39 is 0 Å². The molecule has 2 aliphatic rings. The number of hydrogen-bond donors (Lipinski definition) is 0. The molecular formula is C24H16ClFO5. The highest BCUT2D eigenvalue weighted by atomic mass is 35.5. The minimum absolute atomic E-state index is 0.0656. The van der Waals surface area contributed by atoms with Crippen molar-refractivity contribution in [1.82, 2.24) is 0 Å². The Labute approximate surface area is 182 Å². The van der Waals surface area contributed by atoms with Crippen LogP contribution in [0.3, 0.4) is 0 Å². The Bertz CT molecular complexity index is 1220. The van der Waals surface area contributed by atoms with Crippen molar-refractivity contribution in [3.8, 4) is 17.2 Å². The van der Waals surface area contributed by atoms with E-state index in [1.165, 1.54) is 6.07 Å². The first-order valence-electron chi connectivity index (χ1n) is 9.56. The maximum absolute atomic E-state index is 13.8. The molecule has 5 rings (SSSR count). The lowest BCUT2D eigenvalue weighted by molar-refractivity contribution is -0.0165. The maximum Gasteiger partial charge on any atom is 0.231 e. The van der Waals surface area contributed by atoms with Gasteiger partial charge in [0.2, 0.25) is 5.78 Å². The van der Waals surface area contributed by atoms with Gasteiger partial charge in [0, 0.05) is 27.8 Å². The van der Waals surface area contributed by atoms with Crippen molar-refractivity contribution in [1.29, 1.82) is 0 Å². The van der Waals surface area contributed by atoms with Gasteiger partial charge >= 0.3 is 0 Å². The standard InChI is InChI=1S/C24H16ClFO5/c25-17-7-15(24-16(8-17)11-28-13-30-24)9-22-23(27)19-6-5-18(10-21(19)31-22)29-12-14-3-1-2-4-20(14)26/h1-10H,11-13H2. The van der Waals surface area contributed by atoms with Gasteiger partial charge in [0.15, 0.2) is 12.6 Å². The highest BCUT2D eigenvalue weighted by Crippen LogP contribution is 2.38. The summed E-state index contributed by atoms with van der Waals surface area (Å²) in [5.74, 6) is 1.03. The molecule has 0 aliphatic carbocycles. The van der Waals surface area contributed by atoms with Gasteiger partial charge < -0.3 is 18.9 Å². The lowest BCUT2D eigenvalue weighted by atomic mass is 10.1. The van der Waals surface area contributed by atoms with Gasteiger partial charge in [-0.2, -0.15) is 0 Å². The van der Waals surface area contributed by atoms with Crippen LogP contribution in [0, 0.1) is 5.82 Å². The van der Waals surface area contributed by atoms with Crippen LogP contribution in [0.5, 0.6) is 17.2 Å². The molecule has 31 heavy (non-hydrogen) atoms. The van der Waals surface area contributed by atoms with Crippen LogP contribution < -0.4 is 14.2 Å². The number of carbonyl (C=O) groups excluding carboxylic acids is 1. The van der Waals surface area contributed by atoms with Gasteiger partial charge in [-0.05, 0) is 36.4 Å². The van der Waals surface area contributed by atoms with Crippen LogP contribution in [0.15, 0.2) is 60.4 Å². The molecule has 0 unspecified atom stereocenters. The zero-order valence-corrected chi connectivity index (χ0v) is 16.9.